The molecule has 5 nitrogen and oxygen atoms in total. The number of anilines is 1. The Balaban J connectivity index is 2.35. The van der Waals surface area contributed by atoms with E-state index in [1.165, 1.54) is 38.5 Å². The first-order valence-electron chi connectivity index (χ1n) is 6.42. The molecule has 2 rings (SSSR count). The van der Waals surface area contributed by atoms with E-state index in [2.05, 4.69) is 5.32 Å². The summed E-state index contributed by atoms with van der Waals surface area (Å²) in [7, 11) is 2.84. The minimum atomic E-state index is -0.790. The molecule has 0 bridgehead atoms. The van der Waals surface area contributed by atoms with Crippen molar-refractivity contribution in [2.75, 3.05) is 19.5 Å². The highest BCUT2D eigenvalue weighted by Gasteiger charge is 2.16. The van der Waals surface area contributed by atoms with E-state index in [1.807, 2.05) is 0 Å². The minimum absolute atomic E-state index is 0.129. The number of hydrogen-bond acceptors (Lipinski definition) is 4. The standard InChI is InChI=1S/C16H12ClFN2O3/c1-22-14-7-13(15(23-2)6-11(14)17)20-16(21)10-4-3-9(8-19)5-12(10)18/h3-7H,1-2H3,(H,20,21). The number of nitrogens with one attached hydrogen (secondary N) is 1. The lowest BCUT2D eigenvalue weighted by Crippen LogP contribution is -2.14. The summed E-state index contributed by atoms with van der Waals surface area (Å²) in [4.78, 5) is 12.2. The third-order valence-corrected chi connectivity index (χ3v) is 3.36. The van der Waals surface area contributed by atoms with Gasteiger partial charge in [0, 0.05) is 12.1 Å². The predicted molar refractivity (Wildman–Crippen MR) is 83.6 cm³/mol. The highest BCUT2D eigenvalue weighted by molar-refractivity contribution is 6.32. The van der Waals surface area contributed by atoms with Crippen molar-refractivity contribution in [3.8, 4) is 17.6 Å². The van der Waals surface area contributed by atoms with E-state index in [4.69, 9.17) is 26.3 Å². The Morgan fingerprint density at radius 3 is 2.48 bits per heavy atom. The summed E-state index contributed by atoms with van der Waals surface area (Å²) in [6, 6.07) is 8.34. The van der Waals surface area contributed by atoms with Gasteiger partial charge >= 0.3 is 0 Å². The van der Waals surface area contributed by atoms with Crippen LogP contribution < -0.4 is 14.8 Å². The zero-order valence-electron chi connectivity index (χ0n) is 12.3. The van der Waals surface area contributed by atoms with Crippen LogP contribution in [-0.4, -0.2) is 20.1 Å². The number of amides is 1. The monoisotopic (exact) mass is 334 g/mol. The highest BCUT2D eigenvalue weighted by Crippen LogP contribution is 2.36. The molecular formula is C16H12ClFN2O3. The van der Waals surface area contributed by atoms with Crippen LogP contribution in [0.5, 0.6) is 11.5 Å². The fraction of sp³-hybridized carbons (Fsp3) is 0.125. The van der Waals surface area contributed by atoms with E-state index in [1.54, 1.807) is 6.07 Å². The molecule has 0 aliphatic heterocycles. The first kappa shape index (κ1) is 16.6. The molecule has 2 aromatic rings. The smallest absolute Gasteiger partial charge is 0.258 e. The van der Waals surface area contributed by atoms with Crippen molar-refractivity contribution in [2.24, 2.45) is 0 Å². The summed E-state index contributed by atoms with van der Waals surface area (Å²) in [6.07, 6.45) is 0. The van der Waals surface area contributed by atoms with Gasteiger partial charge in [-0.25, -0.2) is 4.39 Å². The highest BCUT2D eigenvalue weighted by atomic mass is 35.5. The molecule has 7 heteroatoms. The second-order valence-corrected chi connectivity index (χ2v) is 4.85. The molecule has 2 aromatic carbocycles. The van der Waals surface area contributed by atoms with Crippen LogP contribution in [0.4, 0.5) is 10.1 Å². The van der Waals surface area contributed by atoms with E-state index in [0.29, 0.717) is 16.5 Å². The van der Waals surface area contributed by atoms with Gasteiger partial charge in [-0.05, 0) is 18.2 Å². The second kappa shape index (κ2) is 6.99. The molecule has 0 aromatic heterocycles. The number of nitrogens with zero attached hydrogens (tertiary/aromatic N) is 1. The van der Waals surface area contributed by atoms with E-state index in [0.717, 1.165) is 6.07 Å². The van der Waals surface area contributed by atoms with Crippen molar-refractivity contribution in [3.63, 3.8) is 0 Å². The lowest BCUT2D eigenvalue weighted by atomic mass is 10.1. The molecule has 0 fully saturated rings. The molecule has 0 aliphatic rings. The maximum absolute atomic E-state index is 13.9. The summed E-state index contributed by atoms with van der Waals surface area (Å²) in [5, 5.41) is 11.6. The number of halogens is 2. The molecule has 0 saturated heterocycles. The molecule has 0 aliphatic carbocycles. The molecule has 1 N–H and O–H groups in total. The molecular weight excluding hydrogens is 323 g/mol. The zero-order valence-corrected chi connectivity index (χ0v) is 13.1. The lowest BCUT2D eigenvalue weighted by Gasteiger charge is -2.13. The van der Waals surface area contributed by atoms with Crippen LogP contribution in [0.15, 0.2) is 30.3 Å². The Hall–Kier alpha value is -2.78. The van der Waals surface area contributed by atoms with Crippen LogP contribution in [-0.2, 0) is 0 Å². The zero-order chi connectivity index (χ0) is 17.0. The first-order valence-corrected chi connectivity index (χ1v) is 6.80. The first-order chi connectivity index (χ1) is 11.0. The lowest BCUT2D eigenvalue weighted by molar-refractivity contribution is 0.102. The number of carbonyl (C=O) groups is 1. The SMILES string of the molecule is COc1cc(NC(=O)c2ccc(C#N)cc2F)c(OC)cc1Cl. The van der Waals surface area contributed by atoms with Crippen LogP contribution in [0.25, 0.3) is 0 Å². The predicted octanol–water partition coefficient (Wildman–Crippen LogP) is 3.62. The molecule has 0 spiro atoms. The summed E-state index contributed by atoms with van der Waals surface area (Å²) >= 11 is 5.98. The molecule has 23 heavy (non-hydrogen) atoms. The number of carbonyl (C=O) groups excluding carboxylic acids is 1. The molecule has 0 unspecified atom stereocenters. The Morgan fingerprint density at radius 2 is 1.91 bits per heavy atom. The van der Waals surface area contributed by atoms with E-state index >= 15 is 0 Å². The third kappa shape index (κ3) is 3.52. The van der Waals surface area contributed by atoms with Gasteiger partial charge in [0.15, 0.2) is 0 Å². The minimum Gasteiger partial charge on any atom is -0.495 e. The summed E-state index contributed by atoms with van der Waals surface area (Å²) < 4.78 is 24.1. The van der Waals surface area contributed by atoms with Gasteiger partial charge in [0.05, 0.1) is 42.1 Å². The maximum Gasteiger partial charge on any atom is 0.258 e. The number of hydrogen-bond donors (Lipinski definition) is 1. The Bertz CT molecular complexity index is 803. The second-order valence-electron chi connectivity index (χ2n) is 4.45. The Morgan fingerprint density at radius 1 is 1.22 bits per heavy atom. The van der Waals surface area contributed by atoms with Crippen molar-refractivity contribution in [1.29, 1.82) is 5.26 Å². The molecule has 0 atom stereocenters. The van der Waals surface area contributed by atoms with Crippen molar-refractivity contribution in [2.45, 2.75) is 0 Å². The van der Waals surface area contributed by atoms with E-state index in [9.17, 15) is 9.18 Å². The fourth-order valence-electron chi connectivity index (χ4n) is 1.92. The quantitative estimate of drug-likeness (QED) is 0.927. The van der Waals surface area contributed by atoms with Crippen LogP contribution in [0.1, 0.15) is 15.9 Å². The van der Waals surface area contributed by atoms with Gasteiger partial charge in [-0.2, -0.15) is 5.26 Å². The molecule has 0 radical (unpaired) electrons. The largest absolute Gasteiger partial charge is 0.495 e. The van der Waals surface area contributed by atoms with Gasteiger partial charge in [-0.15, -0.1) is 0 Å². The van der Waals surface area contributed by atoms with Gasteiger partial charge < -0.3 is 14.8 Å². The fourth-order valence-corrected chi connectivity index (χ4v) is 2.15. The normalized spacial score (nSPS) is 9.87. The number of ether oxygens (including phenoxy) is 2. The number of rotatable bonds is 4. The third-order valence-electron chi connectivity index (χ3n) is 3.06. The number of nitriles is 1. The summed E-state index contributed by atoms with van der Waals surface area (Å²) in [5.41, 5.74) is 0.215. The maximum atomic E-state index is 13.9. The van der Waals surface area contributed by atoms with Crippen LogP contribution in [0, 0.1) is 17.1 Å². The Kier molecular flexibility index (Phi) is 5.04. The van der Waals surface area contributed by atoms with Crippen molar-refractivity contribution in [1.82, 2.24) is 0 Å². The average molecular weight is 335 g/mol. The van der Waals surface area contributed by atoms with Gasteiger partial charge in [0.1, 0.15) is 17.3 Å². The van der Waals surface area contributed by atoms with Gasteiger partial charge in [-0.3, -0.25) is 4.79 Å². The van der Waals surface area contributed by atoms with Crippen LogP contribution in [0.3, 0.4) is 0 Å². The van der Waals surface area contributed by atoms with Crippen molar-refractivity contribution in [3.05, 3.63) is 52.3 Å². The van der Waals surface area contributed by atoms with Crippen LogP contribution >= 0.6 is 11.6 Å². The average Bonchev–Trinajstić information content (AvgIpc) is 2.55. The molecule has 0 saturated carbocycles. The number of methoxy groups -OCH3 is 2. The summed E-state index contributed by atoms with van der Waals surface area (Å²) in [5.74, 6) is -0.836. The summed E-state index contributed by atoms with van der Waals surface area (Å²) in [6.45, 7) is 0. The molecule has 0 heterocycles. The van der Waals surface area contributed by atoms with Crippen molar-refractivity contribution < 1.29 is 18.7 Å². The Labute approximate surface area is 137 Å². The van der Waals surface area contributed by atoms with Gasteiger partial charge in [0.25, 0.3) is 5.91 Å². The van der Waals surface area contributed by atoms with E-state index < -0.39 is 11.7 Å². The van der Waals surface area contributed by atoms with Gasteiger partial charge in [0.2, 0.25) is 0 Å². The molecule has 118 valence electrons. The van der Waals surface area contributed by atoms with Gasteiger partial charge in [-0.1, -0.05) is 11.6 Å². The topological polar surface area (TPSA) is 71.3 Å². The molecule has 1 amide bonds. The number of benzene rings is 2. The van der Waals surface area contributed by atoms with Crippen molar-refractivity contribution >= 4 is 23.2 Å². The van der Waals surface area contributed by atoms with E-state index in [-0.39, 0.29) is 16.8 Å². The van der Waals surface area contributed by atoms with Crippen LogP contribution in [0.2, 0.25) is 5.02 Å².